The summed E-state index contributed by atoms with van der Waals surface area (Å²) in [5.74, 6) is 0. The minimum Gasteiger partial charge on any atom is -0.465 e. The molecule has 3 rings (SSSR count). The Bertz CT molecular complexity index is 884. The summed E-state index contributed by atoms with van der Waals surface area (Å²) in [6.45, 7) is 2.76. The minimum atomic E-state index is -3.70. The zero-order chi connectivity index (χ0) is 18.0. The molecule has 2 heterocycles. The van der Waals surface area contributed by atoms with Crippen molar-refractivity contribution in [2.45, 2.75) is 30.7 Å². The van der Waals surface area contributed by atoms with Crippen LogP contribution in [0.2, 0.25) is 0 Å². The van der Waals surface area contributed by atoms with Gasteiger partial charge in [-0.3, -0.25) is 4.98 Å². The molecule has 8 heteroatoms. The van der Waals surface area contributed by atoms with Gasteiger partial charge in [0.05, 0.1) is 4.90 Å². The monoisotopic (exact) mass is 363 g/mol. The topological polar surface area (TPSA) is 90.8 Å². The third-order valence-electron chi connectivity index (χ3n) is 4.52. The lowest BCUT2D eigenvalue weighted by molar-refractivity contribution is 0.125. The highest BCUT2D eigenvalue weighted by Gasteiger charge is 2.32. The van der Waals surface area contributed by atoms with Crippen LogP contribution in [0.25, 0.3) is 10.8 Å². The van der Waals surface area contributed by atoms with E-state index in [4.69, 9.17) is 0 Å². The summed E-state index contributed by atoms with van der Waals surface area (Å²) in [4.78, 5) is 16.8. The van der Waals surface area contributed by atoms with Gasteiger partial charge in [0.25, 0.3) is 0 Å². The number of pyridine rings is 1. The molecule has 1 aliphatic heterocycles. The van der Waals surface area contributed by atoms with Crippen molar-refractivity contribution in [2.75, 3.05) is 19.6 Å². The molecular weight excluding hydrogens is 342 g/mol. The summed E-state index contributed by atoms with van der Waals surface area (Å²) in [5, 5.41) is 10.9. The number of rotatable bonds is 2. The van der Waals surface area contributed by atoms with Crippen LogP contribution in [0.15, 0.2) is 41.6 Å². The second kappa shape index (κ2) is 6.97. The van der Waals surface area contributed by atoms with Crippen molar-refractivity contribution in [3.63, 3.8) is 0 Å². The van der Waals surface area contributed by atoms with E-state index in [-0.39, 0.29) is 11.4 Å². The molecule has 1 fully saturated rings. The van der Waals surface area contributed by atoms with Crippen LogP contribution in [0.4, 0.5) is 4.79 Å². The minimum absolute atomic E-state index is 0.173. The van der Waals surface area contributed by atoms with E-state index in [1.54, 1.807) is 43.6 Å². The number of fused-ring (bicyclic) bond motifs is 1. The lowest BCUT2D eigenvalue weighted by Crippen LogP contribution is -2.49. The van der Waals surface area contributed by atoms with Crippen LogP contribution in [0.5, 0.6) is 0 Å². The summed E-state index contributed by atoms with van der Waals surface area (Å²) in [7, 11) is -3.70. The van der Waals surface area contributed by atoms with Crippen LogP contribution < -0.4 is 0 Å². The smallest absolute Gasteiger partial charge is 0.407 e. The van der Waals surface area contributed by atoms with Crippen LogP contribution in [0.1, 0.15) is 19.8 Å². The van der Waals surface area contributed by atoms with Gasteiger partial charge in [0.15, 0.2) is 0 Å². The molecule has 1 aromatic heterocycles. The molecular formula is C17H21N3O4S. The molecule has 1 amide bonds. The fraction of sp³-hybridized carbons (Fsp3) is 0.412. The molecule has 7 nitrogen and oxygen atoms in total. The predicted molar refractivity (Wildman–Crippen MR) is 93.9 cm³/mol. The standard InChI is InChI=1S/C17H21N3O4S/c1-13-12-19(17(21)22)8-2-3-9-20(13)25(23,24)16-5-4-15-11-18-7-6-14(15)10-16/h4-7,10-11,13H,2-3,8-9,12H2,1H3,(H,21,22). The van der Waals surface area contributed by atoms with Crippen molar-refractivity contribution < 1.29 is 18.3 Å². The van der Waals surface area contributed by atoms with E-state index in [2.05, 4.69) is 4.98 Å². The number of aromatic nitrogens is 1. The Hall–Kier alpha value is -2.19. The fourth-order valence-corrected chi connectivity index (χ4v) is 4.88. The van der Waals surface area contributed by atoms with E-state index in [9.17, 15) is 18.3 Å². The number of sulfonamides is 1. The lowest BCUT2D eigenvalue weighted by atomic mass is 10.2. The molecule has 0 aliphatic carbocycles. The summed E-state index contributed by atoms with van der Waals surface area (Å²) < 4.78 is 27.7. The van der Waals surface area contributed by atoms with Crippen molar-refractivity contribution in [3.8, 4) is 0 Å². The van der Waals surface area contributed by atoms with E-state index in [0.717, 1.165) is 10.8 Å². The van der Waals surface area contributed by atoms with Crippen LogP contribution in [-0.2, 0) is 10.0 Å². The number of hydrogen-bond acceptors (Lipinski definition) is 4. The molecule has 1 saturated heterocycles. The van der Waals surface area contributed by atoms with E-state index in [1.165, 1.54) is 9.21 Å². The highest BCUT2D eigenvalue weighted by molar-refractivity contribution is 7.89. The Morgan fingerprint density at radius 1 is 1.20 bits per heavy atom. The maximum Gasteiger partial charge on any atom is 0.407 e. The largest absolute Gasteiger partial charge is 0.465 e. The van der Waals surface area contributed by atoms with Gasteiger partial charge in [0.2, 0.25) is 10.0 Å². The Morgan fingerprint density at radius 3 is 2.72 bits per heavy atom. The maximum absolute atomic E-state index is 13.1. The Balaban J connectivity index is 1.94. The number of benzene rings is 1. The molecule has 1 atom stereocenters. The first kappa shape index (κ1) is 17.6. The predicted octanol–water partition coefficient (Wildman–Crippen LogP) is 2.39. The van der Waals surface area contributed by atoms with Gasteiger partial charge in [-0.15, -0.1) is 0 Å². The maximum atomic E-state index is 13.1. The molecule has 0 bridgehead atoms. The third-order valence-corrected chi connectivity index (χ3v) is 6.53. The first-order chi connectivity index (χ1) is 11.9. The fourth-order valence-electron chi connectivity index (χ4n) is 3.18. The van der Waals surface area contributed by atoms with Gasteiger partial charge in [-0.25, -0.2) is 13.2 Å². The normalized spacial score (nSPS) is 20.2. The van der Waals surface area contributed by atoms with Gasteiger partial charge in [0, 0.05) is 43.5 Å². The van der Waals surface area contributed by atoms with E-state index < -0.39 is 22.2 Å². The SMILES string of the molecule is CC1CN(C(=O)O)CCCCN1S(=O)(=O)c1ccc2cnccc2c1. The second-order valence-electron chi connectivity index (χ2n) is 6.29. The van der Waals surface area contributed by atoms with Crippen LogP contribution in [0.3, 0.4) is 0 Å². The molecule has 0 spiro atoms. The molecule has 1 unspecified atom stereocenters. The summed E-state index contributed by atoms with van der Waals surface area (Å²) in [6, 6.07) is 6.33. The van der Waals surface area contributed by atoms with E-state index in [1.807, 2.05) is 0 Å². The van der Waals surface area contributed by atoms with Crippen molar-refractivity contribution in [1.82, 2.24) is 14.2 Å². The number of carboxylic acid groups (broad SMARTS) is 1. The van der Waals surface area contributed by atoms with Crippen molar-refractivity contribution in [3.05, 3.63) is 36.7 Å². The first-order valence-corrected chi connectivity index (χ1v) is 9.67. The lowest BCUT2D eigenvalue weighted by Gasteiger charge is -2.34. The average Bonchev–Trinajstić information content (AvgIpc) is 2.57. The number of nitrogens with zero attached hydrogens (tertiary/aromatic N) is 3. The average molecular weight is 363 g/mol. The zero-order valence-corrected chi connectivity index (χ0v) is 14.8. The summed E-state index contributed by atoms with van der Waals surface area (Å²) >= 11 is 0. The van der Waals surface area contributed by atoms with Crippen LogP contribution >= 0.6 is 0 Å². The van der Waals surface area contributed by atoms with Gasteiger partial charge in [-0.2, -0.15) is 4.31 Å². The molecule has 25 heavy (non-hydrogen) atoms. The highest BCUT2D eigenvalue weighted by Crippen LogP contribution is 2.24. The Morgan fingerprint density at radius 2 is 1.96 bits per heavy atom. The molecule has 1 aromatic carbocycles. The molecule has 1 N–H and O–H groups in total. The van der Waals surface area contributed by atoms with Gasteiger partial charge in [0.1, 0.15) is 0 Å². The number of amides is 1. The zero-order valence-electron chi connectivity index (χ0n) is 14.0. The van der Waals surface area contributed by atoms with Crippen LogP contribution in [0, 0.1) is 0 Å². The first-order valence-electron chi connectivity index (χ1n) is 8.23. The quantitative estimate of drug-likeness (QED) is 0.885. The van der Waals surface area contributed by atoms with Gasteiger partial charge < -0.3 is 10.0 Å². The van der Waals surface area contributed by atoms with Gasteiger partial charge in [-0.05, 0) is 43.4 Å². The molecule has 2 aromatic rings. The second-order valence-corrected chi connectivity index (χ2v) is 8.18. The molecule has 134 valence electrons. The van der Waals surface area contributed by atoms with E-state index in [0.29, 0.717) is 25.9 Å². The summed E-state index contributed by atoms with van der Waals surface area (Å²) in [5.41, 5.74) is 0. The van der Waals surface area contributed by atoms with Crippen molar-refractivity contribution in [2.24, 2.45) is 0 Å². The summed E-state index contributed by atoms with van der Waals surface area (Å²) in [6.07, 6.45) is 3.58. The van der Waals surface area contributed by atoms with Crippen LogP contribution in [-0.4, -0.2) is 59.5 Å². The van der Waals surface area contributed by atoms with Gasteiger partial charge >= 0.3 is 6.09 Å². The molecule has 0 radical (unpaired) electrons. The van der Waals surface area contributed by atoms with Gasteiger partial charge in [-0.1, -0.05) is 6.07 Å². The van der Waals surface area contributed by atoms with E-state index >= 15 is 0 Å². The van der Waals surface area contributed by atoms with Crippen molar-refractivity contribution >= 4 is 26.9 Å². The number of carbonyl (C=O) groups is 1. The highest BCUT2D eigenvalue weighted by atomic mass is 32.2. The molecule has 1 aliphatic rings. The number of hydrogen-bond donors (Lipinski definition) is 1. The van der Waals surface area contributed by atoms with Crippen molar-refractivity contribution in [1.29, 1.82) is 0 Å². The molecule has 0 saturated carbocycles. The third kappa shape index (κ3) is 3.59. The Labute approximate surface area is 146 Å². The Kier molecular flexibility index (Phi) is 4.91.